The summed E-state index contributed by atoms with van der Waals surface area (Å²) < 4.78 is 28.8. The first-order valence-corrected chi connectivity index (χ1v) is 14.5. The minimum Gasteiger partial charge on any atom is -0.396 e. The molecule has 6 rings (SSSR count). The molecule has 3 aliphatic rings. The molecule has 2 aromatic carbocycles. The molecule has 0 bridgehead atoms. The standard InChI is InChI=1S/C32H34ClFN2O5/c1-30(39,21-9-14-40-15-10-21)23-16-26-28(27(34)17-23)32(22-5-7-24(33)8-6-22,41-20-31(19-37)11-12-31)36(29(26)38)18-25-4-2-3-13-35-25/h2-8,13,16-17,21,37,39H,9-12,14-15,18-20H2,1H3/t30?,32-/m1/s1. The van der Waals surface area contributed by atoms with Crippen LogP contribution in [0, 0.1) is 17.2 Å². The fraction of sp³-hybridized carbons (Fsp3) is 0.438. The number of pyridine rings is 1. The SMILES string of the molecule is CC(O)(c1cc(F)c2c(c1)C(=O)N(Cc1ccccn1)[C@@]2(OCC1(CO)CC1)c1ccc(Cl)cc1)C1CCOCC1. The molecule has 0 radical (unpaired) electrons. The molecule has 1 aromatic heterocycles. The molecule has 2 atom stereocenters. The van der Waals surface area contributed by atoms with Crippen molar-refractivity contribution in [2.45, 2.75) is 50.5 Å². The molecule has 216 valence electrons. The van der Waals surface area contributed by atoms with E-state index in [0.717, 1.165) is 12.8 Å². The van der Waals surface area contributed by atoms with Crippen LogP contribution in [-0.2, 0) is 27.3 Å². The third-order valence-corrected chi connectivity index (χ3v) is 9.30. The van der Waals surface area contributed by atoms with E-state index in [9.17, 15) is 15.0 Å². The number of carbonyl (C=O) groups excluding carboxylic acids is 1. The minimum absolute atomic E-state index is 0.0498. The van der Waals surface area contributed by atoms with E-state index in [1.165, 1.54) is 11.0 Å². The van der Waals surface area contributed by atoms with Gasteiger partial charge in [-0.15, -0.1) is 0 Å². The molecule has 2 aliphatic heterocycles. The molecule has 41 heavy (non-hydrogen) atoms. The number of hydrogen-bond acceptors (Lipinski definition) is 6. The topological polar surface area (TPSA) is 92.1 Å². The molecule has 2 fully saturated rings. The molecule has 9 heteroatoms. The lowest BCUT2D eigenvalue weighted by molar-refractivity contribution is -0.130. The monoisotopic (exact) mass is 580 g/mol. The van der Waals surface area contributed by atoms with Crippen LogP contribution in [0.15, 0.2) is 60.8 Å². The third kappa shape index (κ3) is 4.96. The maximum absolute atomic E-state index is 16.6. The predicted molar refractivity (Wildman–Crippen MR) is 151 cm³/mol. The Morgan fingerprint density at radius 2 is 1.90 bits per heavy atom. The number of rotatable bonds is 9. The quantitative estimate of drug-likeness (QED) is 0.363. The van der Waals surface area contributed by atoms with Crippen molar-refractivity contribution < 1.29 is 28.9 Å². The first kappa shape index (κ1) is 28.2. The van der Waals surface area contributed by atoms with E-state index in [1.807, 2.05) is 6.07 Å². The van der Waals surface area contributed by atoms with Crippen molar-refractivity contribution in [2.75, 3.05) is 26.4 Å². The van der Waals surface area contributed by atoms with Crippen molar-refractivity contribution in [3.8, 4) is 0 Å². The van der Waals surface area contributed by atoms with Gasteiger partial charge >= 0.3 is 0 Å². The van der Waals surface area contributed by atoms with Crippen molar-refractivity contribution in [2.24, 2.45) is 11.3 Å². The van der Waals surface area contributed by atoms with Gasteiger partial charge in [0.1, 0.15) is 5.82 Å². The number of hydrogen-bond donors (Lipinski definition) is 2. The summed E-state index contributed by atoms with van der Waals surface area (Å²) in [5.41, 5.74) is -1.76. The molecule has 1 saturated heterocycles. The van der Waals surface area contributed by atoms with E-state index in [1.54, 1.807) is 55.6 Å². The second-order valence-electron chi connectivity index (χ2n) is 11.7. The van der Waals surface area contributed by atoms with Crippen molar-refractivity contribution in [1.82, 2.24) is 9.88 Å². The molecule has 1 amide bonds. The summed E-state index contributed by atoms with van der Waals surface area (Å²) >= 11 is 6.24. The Balaban J connectivity index is 1.53. The van der Waals surface area contributed by atoms with Crippen LogP contribution in [0.5, 0.6) is 0 Å². The number of carbonyl (C=O) groups is 1. The number of aliphatic hydroxyl groups excluding tert-OH is 1. The number of halogens is 2. The number of nitrogens with zero attached hydrogens (tertiary/aromatic N) is 2. The molecular weight excluding hydrogens is 547 g/mol. The molecule has 3 heterocycles. The Labute approximate surface area is 243 Å². The average molecular weight is 581 g/mol. The largest absolute Gasteiger partial charge is 0.396 e. The van der Waals surface area contributed by atoms with Gasteiger partial charge in [0.25, 0.3) is 5.91 Å². The number of aliphatic hydroxyl groups is 2. The predicted octanol–water partition coefficient (Wildman–Crippen LogP) is 5.15. The van der Waals surface area contributed by atoms with Gasteiger partial charge in [0.2, 0.25) is 0 Å². The Hall–Kier alpha value is -2.88. The maximum Gasteiger partial charge on any atom is 0.257 e. The van der Waals surface area contributed by atoms with E-state index in [-0.39, 0.29) is 36.8 Å². The van der Waals surface area contributed by atoms with Gasteiger partial charge in [-0.2, -0.15) is 0 Å². The molecule has 1 unspecified atom stereocenters. The van der Waals surface area contributed by atoms with E-state index >= 15 is 4.39 Å². The summed E-state index contributed by atoms with van der Waals surface area (Å²) in [6.45, 7) is 2.82. The zero-order valence-corrected chi connectivity index (χ0v) is 23.7. The summed E-state index contributed by atoms with van der Waals surface area (Å²) in [6, 6.07) is 15.2. The number of fused-ring (bicyclic) bond motifs is 1. The second kappa shape index (κ2) is 10.7. The molecular formula is C32H34ClFN2O5. The van der Waals surface area contributed by atoms with Crippen LogP contribution in [0.25, 0.3) is 0 Å². The maximum atomic E-state index is 16.6. The van der Waals surface area contributed by atoms with Crippen molar-refractivity contribution >= 4 is 17.5 Å². The molecule has 0 spiro atoms. The fourth-order valence-electron chi connectivity index (χ4n) is 6.16. The highest BCUT2D eigenvalue weighted by Crippen LogP contribution is 2.52. The first-order valence-electron chi connectivity index (χ1n) is 14.1. The van der Waals surface area contributed by atoms with Gasteiger partial charge in [-0.25, -0.2) is 4.39 Å². The Morgan fingerprint density at radius 3 is 2.54 bits per heavy atom. The van der Waals surface area contributed by atoms with E-state index in [4.69, 9.17) is 21.1 Å². The van der Waals surface area contributed by atoms with Gasteiger partial charge in [0, 0.05) is 35.4 Å². The number of ether oxygens (including phenoxy) is 2. The molecule has 3 aromatic rings. The van der Waals surface area contributed by atoms with E-state index < -0.39 is 28.5 Å². The lowest BCUT2D eigenvalue weighted by atomic mass is 9.77. The normalized spacial score (nSPS) is 23.3. The Morgan fingerprint density at radius 1 is 1.17 bits per heavy atom. The van der Waals surface area contributed by atoms with Crippen molar-refractivity contribution in [1.29, 1.82) is 0 Å². The highest BCUT2D eigenvalue weighted by Gasteiger charge is 2.57. The molecule has 1 saturated carbocycles. The van der Waals surface area contributed by atoms with Gasteiger partial charge in [-0.3, -0.25) is 14.7 Å². The van der Waals surface area contributed by atoms with Crippen molar-refractivity contribution in [3.05, 3.63) is 99.6 Å². The zero-order chi connectivity index (χ0) is 28.8. The summed E-state index contributed by atoms with van der Waals surface area (Å²) in [7, 11) is 0. The van der Waals surface area contributed by atoms with Gasteiger partial charge in [-0.05, 0) is 80.5 Å². The smallest absolute Gasteiger partial charge is 0.257 e. The number of amides is 1. The highest BCUT2D eigenvalue weighted by molar-refractivity contribution is 6.30. The van der Waals surface area contributed by atoms with Crippen LogP contribution in [-0.4, -0.2) is 52.4 Å². The first-order chi connectivity index (χ1) is 19.7. The Bertz CT molecular complexity index is 1420. The Kier molecular flexibility index (Phi) is 7.41. The fourth-order valence-corrected chi connectivity index (χ4v) is 6.29. The van der Waals surface area contributed by atoms with E-state index in [2.05, 4.69) is 4.98 Å². The van der Waals surface area contributed by atoms with Gasteiger partial charge in [0.05, 0.1) is 42.2 Å². The third-order valence-electron chi connectivity index (χ3n) is 9.05. The van der Waals surface area contributed by atoms with Crippen LogP contribution in [0.1, 0.15) is 65.3 Å². The van der Waals surface area contributed by atoms with Gasteiger partial charge in [-0.1, -0.05) is 29.8 Å². The second-order valence-corrected chi connectivity index (χ2v) is 12.2. The van der Waals surface area contributed by atoms with Crippen LogP contribution < -0.4 is 0 Å². The number of aromatic nitrogens is 1. The van der Waals surface area contributed by atoms with Crippen LogP contribution in [0.3, 0.4) is 0 Å². The van der Waals surface area contributed by atoms with Crippen LogP contribution >= 0.6 is 11.6 Å². The molecule has 1 aliphatic carbocycles. The summed E-state index contributed by atoms with van der Waals surface area (Å²) in [4.78, 5) is 20.3. The molecule has 7 nitrogen and oxygen atoms in total. The lowest BCUT2D eigenvalue weighted by Gasteiger charge is -2.40. The highest BCUT2D eigenvalue weighted by atomic mass is 35.5. The van der Waals surface area contributed by atoms with Crippen molar-refractivity contribution in [3.63, 3.8) is 0 Å². The zero-order valence-electron chi connectivity index (χ0n) is 23.0. The lowest BCUT2D eigenvalue weighted by Crippen LogP contribution is -2.48. The summed E-state index contributed by atoms with van der Waals surface area (Å²) in [5.74, 6) is -1.23. The number of benzene rings is 2. The van der Waals surface area contributed by atoms with E-state index in [0.29, 0.717) is 47.9 Å². The van der Waals surface area contributed by atoms with Crippen LogP contribution in [0.2, 0.25) is 5.02 Å². The summed E-state index contributed by atoms with van der Waals surface area (Å²) in [6.07, 6.45) is 4.45. The average Bonchev–Trinajstić information content (AvgIpc) is 3.74. The van der Waals surface area contributed by atoms with Gasteiger partial charge < -0.3 is 19.7 Å². The summed E-state index contributed by atoms with van der Waals surface area (Å²) in [5, 5.41) is 22.2. The molecule has 2 N–H and O–H groups in total. The minimum atomic E-state index is -1.65. The van der Waals surface area contributed by atoms with Gasteiger partial charge in [0.15, 0.2) is 5.72 Å². The van der Waals surface area contributed by atoms with Crippen LogP contribution in [0.4, 0.5) is 4.39 Å².